The third kappa shape index (κ3) is 3.79. The minimum atomic E-state index is 0.331. The minimum absolute atomic E-state index is 0.331. The Labute approximate surface area is 79.7 Å². The van der Waals surface area contributed by atoms with Crippen LogP contribution in [-0.2, 0) is 0 Å². The van der Waals surface area contributed by atoms with Gasteiger partial charge in [0.1, 0.15) is 5.75 Å². The standard InChI is InChI=1S/C12H16O/c1-2-3-4-5-7-11-8-6-9-12(13)10-11/h5-10,13H,2-4H2,1H3/b7-5+. The molecule has 0 saturated heterocycles. The predicted molar refractivity (Wildman–Crippen MR) is 56.7 cm³/mol. The van der Waals surface area contributed by atoms with Crippen LogP contribution in [0.3, 0.4) is 0 Å². The zero-order valence-electron chi connectivity index (χ0n) is 8.03. The van der Waals surface area contributed by atoms with Crippen LogP contribution in [-0.4, -0.2) is 5.11 Å². The molecule has 0 unspecified atom stereocenters. The molecule has 0 radical (unpaired) electrons. The van der Waals surface area contributed by atoms with E-state index in [4.69, 9.17) is 0 Å². The van der Waals surface area contributed by atoms with Crippen molar-refractivity contribution in [1.29, 1.82) is 0 Å². The third-order valence-electron chi connectivity index (χ3n) is 1.90. The van der Waals surface area contributed by atoms with Crippen molar-refractivity contribution < 1.29 is 5.11 Å². The first kappa shape index (κ1) is 9.85. The molecular weight excluding hydrogens is 160 g/mol. The number of phenols is 1. The van der Waals surface area contributed by atoms with Crippen molar-refractivity contribution in [3.8, 4) is 5.75 Å². The smallest absolute Gasteiger partial charge is 0.116 e. The monoisotopic (exact) mass is 176 g/mol. The van der Waals surface area contributed by atoms with Crippen LogP contribution in [0.4, 0.5) is 0 Å². The second kappa shape index (κ2) is 5.41. The molecule has 1 aromatic carbocycles. The van der Waals surface area contributed by atoms with Gasteiger partial charge in [-0.15, -0.1) is 0 Å². The highest BCUT2D eigenvalue weighted by Crippen LogP contribution is 2.12. The molecule has 0 amide bonds. The molecule has 0 aromatic heterocycles. The Kier molecular flexibility index (Phi) is 4.10. The molecule has 0 saturated carbocycles. The normalized spacial score (nSPS) is 10.8. The largest absolute Gasteiger partial charge is 0.508 e. The van der Waals surface area contributed by atoms with Crippen LogP contribution in [0.25, 0.3) is 6.08 Å². The fourth-order valence-electron chi connectivity index (χ4n) is 1.17. The molecule has 0 spiro atoms. The third-order valence-corrected chi connectivity index (χ3v) is 1.90. The lowest BCUT2D eigenvalue weighted by molar-refractivity contribution is 0.475. The maximum Gasteiger partial charge on any atom is 0.116 e. The van der Waals surface area contributed by atoms with Crippen LogP contribution in [0.1, 0.15) is 31.7 Å². The molecule has 1 N–H and O–H groups in total. The Morgan fingerprint density at radius 1 is 1.38 bits per heavy atom. The SMILES string of the molecule is CCCC/C=C/c1cccc(O)c1. The summed E-state index contributed by atoms with van der Waals surface area (Å²) in [7, 11) is 0. The van der Waals surface area contributed by atoms with Gasteiger partial charge >= 0.3 is 0 Å². The Hall–Kier alpha value is -1.24. The van der Waals surface area contributed by atoms with Crippen LogP contribution in [0, 0.1) is 0 Å². The maximum absolute atomic E-state index is 9.18. The van der Waals surface area contributed by atoms with Gasteiger partial charge in [0, 0.05) is 0 Å². The number of hydrogen-bond acceptors (Lipinski definition) is 1. The predicted octanol–water partition coefficient (Wildman–Crippen LogP) is 3.60. The van der Waals surface area contributed by atoms with E-state index >= 15 is 0 Å². The van der Waals surface area contributed by atoms with E-state index < -0.39 is 0 Å². The van der Waals surface area contributed by atoms with Gasteiger partial charge in [0.15, 0.2) is 0 Å². The highest BCUT2D eigenvalue weighted by molar-refractivity contribution is 5.51. The topological polar surface area (TPSA) is 20.2 Å². The van der Waals surface area contributed by atoms with Crippen LogP contribution >= 0.6 is 0 Å². The van der Waals surface area contributed by atoms with Crippen molar-refractivity contribution in [1.82, 2.24) is 0 Å². The number of phenolic OH excluding ortho intramolecular Hbond substituents is 1. The van der Waals surface area contributed by atoms with Crippen LogP contribution in [0.5, 0.6) is 5.75 Å². The van der Waals surface area contributed by atoms with Gasteiger partial charge in [0.25, 0.3) is 0 Å². The molecular formula is C12H16O. The van der Waals surface area contributed by atoms with Crippen molar-refractivity contribution in [2.75, 3.05) is 0 Å². The number of benzene rings is 1. The van der Waals surface area contributed by atoms with Gasteiger partial charge in [-0.05, 0) is 24.1 Å². The van der Waals surface area contributed by atoms with E-state index in [0.717, 1.165) is 12.0 Å². The number of aromatic hydroxyl groups is 1. The summed E-state index contributed by atoms with van der Waals surface area (Å²) >= 11 is 0. The van der Waals surface area contributed by atoms with Crippen LogP contribution < -0.4 is 0 Å². The lowest BCUT2D eigenvalue weighted by atomic mass is 10.1. The van der Waals surface area contributed by atoms with Gasteiger partial charge < -0.3 is 5.11 Å². The molecule has 13 heavy (non-hydrogen) atoms. The zero-order valence-corrected chi connectivity index (χ0v) is 8.03. The van der Waals surface area contributed by atoms with E-state index in [1.54, 1.807) is 12.1 Å². The van der Waals surface area contributed by atoms with Gasteiger partial charge in [-0.2, -0.15) is 0 Å². The average molecular weight is 176 g/mol. The molecule has 1 rings (SSSR count). The molecule has 70 valence electrons. The highest BCUT2D eigenvalue weighted by atomic mass is 16.3. The molecule has 0 atom stereocenters. The Bertz CT molecular complexity index is 276. The zero-order chi connectivity index (χ0) is 9.52. The molecule has 0 aliphatic carbocycles. The molecule has 1 heteroatoms. The molecule has 0 heterocycles. The van der Waals surface area contributed by atoms with E-state index in [-0.39, 0.29) is 0 Å². The van der Waals surface area contributed by atoms with Crippen molar-refractivity contribution in [2.45, 2.75) is 26.2 Å². The summed E-state index contributed by atoms with van der Waals surface area (Å²) in [6.07, 6.45) is 7.78. The van der Waals surface area contributed by atoms with Crippen LogP contribution in [0.2, 0.25) is 0 Å². The molecule has 1 nitrogen and oxygen atoms in total. The average Bonchev–Trinajstić information content (AvgIpc) is 2.13. The van der Waals surface area contributed by atoms with Crippen molar-refractivity contribution >= 4 is 6.08 Å². The van der Waals surface area contributed by atoms with E-state index in [1.807, 2.05) is 12.1 Å². The molecule has 0 fully saturated rings. The second-order valence-corrected chi connectivity index (χ2v) is 3.14. The fraction of sp³-hybridized carbons (Fsp3) is 0.333. The van der Waals surface area contributed by atoms with Gasteiger partial charge in [0.05, 0.1) is 0 Å². The highest BCUT2D eigenvalue weighted by Gasteiger charge is 1.88. The first-order valence-corrected chi connectivity index (χ1v) is 4.78. The maximum atomic E-state index is 9.18. The number of unbranched alkanes of at least 4 members (excludes halogenated alkanes) is 2. The summed E-state index contributed by atoms with van der Waals surface area (Å²) in [4.78, 5) is 0. The summed E-state index contributed by atoms with van der Waals surface area (Å²) in [5.74, 6) is 0.331. The van der Waals surface area contributed by atoms with E-state index in [2.05, 4.69) is 19.1 Å². The van der Waals surface area contributed by atoms with E-state index in [9.17, 15) is 5.11 Å². The Morgan fingerprint density at radius 3 is 2.92 bits per heavy atom. The number of hydrogen-bond donors (Lipinski definition) is 1. The van der Waals surface area contributed by atoms with Crippen molar-refractivity contribution in [3.05, 3.63) is 35.9 Å². The fourth-order valence-corrected chi connectivity index (χ4v) is 1.17. The van der Waals surface area contributed by atoms with Gasteiger partial charge in [0.2, 0.25) is 0 Å². The van der Waals surface area contributed by atoms with Gasteiger partial charge in [-0.25, -0.2) is 0 Å². The lowest BCUT2D eigenvalue weighted by Crippen LogP contribution is -1.71. The molecule has 0 aliphatic rings. The summed E-state index contributed by atoms with van der Waals surface area (Å²) in [6.45, 7) is 2.18. The summed E-state index contributed by atoms with van der Waals surface area (Å²) in [5.41, 5.74) is 1.07. The number of rotatable bonds is 4. The Balaban J connectivity index is 2.48. The first-order valence-electron chi connectivity index (χ1n) is 4.78. The summed E-state index contributed by atoms with van der Waals surface area (Å²) in [5, 5.41) is 9.18. The molecule has 1 aromatic rings. The molecule has 0 bridgehead atoms. The van der Waals surface area contributed by atoms with Crippen LogP contribution in [0.15, 0.2) is 30.3 Å². The first-order chi connectivity index (χ1) is 6.33. The van der Waals surface area contributed by atoms with E-state index in [1.165, 1.54) is 12.8 Å². The Morgan fingerprint density at radius 2 is 2.23 bits per heavy atom. The second-order valence-electron chi connectivity index (χ2n) is 3.14. The summed E-state index contributed by atoms with van der Waals surface area (Å²) in [6, 6.07) is 7.29. The quantitative estimate of drug-likeness (QED) is 0.695. The van der Waals surface area contributed by atoms with E-state index in [0.29, 0.717) is 5.75 Å². The lowest BCUT2D eigenvalue weighted by Gasteiger charge is -1.94. The number of allylic oxidation sites excluding steroid dienone is 1. The van der Waals surface area contributed by atoms with Gasteiger partial charge in [-0.3, -0.25) is 0 Å². The van der Waals surface area contributed by atoms with Crippen molar-refractivity contribution in [3.63, 3.8) is 0 Å². The summed E-state index contributed by atoms with van der Waals surface area (Å²) < 4.78 is 0. The van der Waals surface area contributed by atoms with Gasteiger partial charge in [-0.1, -0.05) is 44.1 Å². The minimum Gasteiger partial charge on any atom is -0.508 e. The molecule has 0 aliphatic heterocycles. The van der Waals surface area contributed by atoms with Crippen molar-refractivity contribution in [2.24, 2.45) is 0 Å².